The van der Waals surface area contributed by atoms with Gasteiger partial charge in [-0.05, 0) is 82.7 Å². The number of benzene rings is 1. The molecule has 1 aliphatic carbocycles. The van der Waals surface area contributed by atoms with Crippen LogP contribution >= 0.6 is 11.3 Å². The number of pyridine rings is 1. The van der Waals surface area contributed by atoms with Gasteiger partial charge in [0.1, 0.15) is 12.1 Å². The molecule has 16 heteroatoms. The van der Waals surface area contributed by atoms with E-state index in [2.05, 4.69) is 70.1 Å². The van der Waals surface area contributed by atoms with E-state index in [1.165, 1.54) is 42.2 Å². The lowest BCUT2D eigenvalue weighted by molar-refractivity contribution is -0.155. The van der Waals surface area contributed by atoms with Gasteiger partial charge in [0.25, 0.3) is 5.91 Å². The number of anilines is 1. The third kappa shape index (κ3) is 8.84. The van der Waals surface area contributed by atoms with Gasteiger partial charge in [-0.15, -0.1) is 11.3 Å². The number of hydrogen-bond acceptors (Lipinski definition) is 11. The number of esters is 1. The summed E-state index contributed by atoms with van der Waals surface area (Å²) in [6.45, 7) is 13.7. The number of aromatic nitrogens is 3. The zero-order chi connectivity index (χ0) is 44.2. The van der Waals surface area contributed by atoms with Crippen LogP contribution in [0.3, 0.4) is 0 Å². The summed E-state index contributed by atoms with van der Waals surface area (Å²) >= 11 is 1.39. The van der Waals surface area contributed by atoms with Crippen LogP contribution in [0.1, 0.15) is 88.6 Å². The largest absolute Gasteiger partial charge is 0.464 e. The molecule has 1 aromatic carbocycles. The van der Waals surface area contributed by atoms with E-state index in [-0.39, 0.29) is 25.6 Å². The molecule has 9 rings (SSSR count). The predicted octanol–water partition coefficient (Wildman–Crippen LogP) is 6.78. The van der Waals surface area contributed by atoms with Crippen molar-refractivity contribution < 1.29 is 32.6 Å². The maximum absolute atomic E-state index is 14.2. The summed E-state index contributed by atoms with van der Waals surface area (Å²) in [6, 6.07) is 7.39. The van der Waals surface area contributed by atoms with Crippen LogP contribution in [-0.2, 0) is 43.2 Å². The van der Waals surface area contributed by atoms with E-state index in [0.29, 0.717) is 43.4 Å². The number of alkyl halides is 2. The Morgan fingerprint density at radius 2 is 1.95 bits per heavy atom. The number of ether oxygens (including phenoxy) is 2. The molecule has 2 N–H and O–H groups in total. The third-order valence-electron chi connectivity index (χ3n) is 13.9. The van der Waals surface area contributed by atoms with Crippen molar-refractivity contribution in [3.8, 4) is 22.5 Å². The average molecular weight is 887 g/mol. The Labute approximate surface area is 371 Å². The first kappa shape index (κ1) is 43.7. The number of piperazine rings is 1. The lowest BCUT2D eigenvalue weighted by Gasteiger charge is -2.45. The topological polar surface area (TPSA) is 134 Å². The number of halogens is 2. The first-order valence-corrected chi connectivity index (χ1v) is 23.6. The molecule has 4 fully saturated rings. The second-order valence-corrected chi connectivity index (χ2v) is 19.9. The molecule has 6 bridgehead atoms. The Morgan fingerprint density at radius 3 is 2.73 bits per heavy atom. The van der Waals surface area contributed by atoms with Crippen molar-refractivity contribution in [2.45, 2.75) is 116 Å². The van der Waals surface area contributed by atoms with E-state index in [9.17, 15) is 23.2 Å². The maximum Gasteiger partial charge on any atom is 0.324 e. The first-order valence-electron chi connectivity index (χ1n) is 22.8. The second-order valence-electron chi connectivity index (χ2n) is 18.9. The van der Waals surface area contributed by atoms with Crippen LogP contribution in [0.15, 0.2) is 35.8 Å². The monoisotopic (exact) mass is 886 g/mol. The van der Waals surface area contributed by atoms with Gasteiger partial charge in [-0.1, -0.05) is 26.3 Å². The van der Waals surface area contributed by atoms with Gasteiger partial charge in [-0.3, -0.25) is 29.3 Å². The highest BCUT2D eigenvalue weighted by Gasteiger charge is 2.50. The number of thiazole rings is 1. The lowest BCUT2D eigenvalue weighted by atomic mass is 9.84. The van der Waals surface area contributed by atoms with Gasteiger partial charge in [-0.2, -0.15) is 0 Å². The summed E-state index contributed by atoms with van der Waals surface area (Å²) < 4.78 is 41.4. The molecule has 0 radical (unpaired) electrons. The molecule has 3 aromatic heterocycles. The summed E-state index contributed by atoms with van der Waals surface area (Å²) in [5.74, 6) is -3.35. The number of hydrazine groups is 1. The van der Waals surface area contributed by atoms with Crippen molar-refractivity contribution in [2.24, 2.45) is 17.3 Å². The summed E-state index contributed by atoms with van der Waals surface area (Å²) in [5, 5.41) is 7.79. The molecule has 5 aliphatic rings. The molecule has 1 saturated carbocycles. The molecule has 0 unspecified atom stereocenters. The summed E-state index contributed by atoms with van der Waals surface area (Å²) in [7, 11) is 1.72. The van der Waals surface area contributed by atoms with Gasteiger partial charge in [-0.25, -0.2) is 19.2 Å². The van der Waals surface area contributed by atoms with E-state index in [4.69, 9.17) is 19.4 Å². The van der Waals surface area contributed by atoms with E-state index in [1.54, 1.807) is 7.11 Å². The van der Waals surface area contributed by atoms with Gasteiger partial charge in [0.15, 0.2) is 0 Å². The normalized spacial score (nSPS) is 26.0. The number of carbonyl (C=O) groups excluding carboxylic acids is 3. The Kier molecular flexibility index (Phi) is 12.4. The number of amides is 2. The van der Waals surface area contributed by atoms with E-state index < -0.39 is 53.5 Å². The van der Waals surface area contributed by atoms with Crippen LogP contribution in [0.2, 0.25) is 0 Å². The highest BCUT2D eigenvalue weighted by atomic mass is 32.1. The molecular weight excluding hydrogens is 827 g/mol. The number of nitrogens with zero attached hydrogens (tertiary/aromatic N) is 6. The van der Waals surface area contributed by atoms with Crippen LogP contribution in [-0.4, -0.2) is 113 Å². The minimum Gasteiger partial charge on any atom is -0.464 e. The molecule has 338 valence electrons. The lowest BCUT2D eigenvalue weighted by Crippen LogP contribution is -2.60. The van der Waals surface area contributed by atoms with Crippen LogP contribution in [0.25, 0.3) is 33.4 Å². The Hall–Kier alpha value is -4.51. The van der Waals surface area contributed by atoms with Crippen LogP contribution in [0.4, 0.5) is 14.5 Å². The van der Waals surface area contributed by atoms with Crippen molar-refractivity contribution in [3.63, 3.8) is 0 Å². The van der Waals surface area contributed by atoms with Crippen molar-refractivity contribution >= 4 is 45.7 Å². The van der Waals surface area contributed by atoms with Crippen LogP contribution < -0.4 is 15.6 Å². The van der Waals surface area contributed by atoms with Crippen molar-refractivity contribution in [1.29, 1.82) is 0 Å². The Morgan fingerprint density at radius 1 is 1.11 bits per heavy atom. The standard InChI is InChI=1S/C47H60F2N8O5S/c1-6-56-39-13-12-28-18-31(39)35(42(56)34-19-30(23-50-41(34)27(2)61-5)55-17-16-54-14-8-7-10-29(54)24-55)22-47(3,4)26-62-46(60)36-11-9-15-57(53-36)45(59)37(21-40-51-38(28)25-63-40)52-44(58)33-20-32(33)43(48)49/h12-13,18-19,23,25,27,29,32-33,36-37,43,53H,6-11,14-17,20-22,24,26H2,1-5H3,(H,52,58)/t27-,29+,32+,33-,36-,37-/m0/s1. The molecule has 6 atom stereocenters. The molecule has 13 nitrogen and oxygen atoms in total. The molecule has 3 saturated heterocycles. The number of hydrogen-bond donors (Lipinski definition) is 2. The maximum atomic E-state index is 14.2. The number of rotatable bonds is 8. The number of aryl methyl sites for hydroxylation is 1. The quantitative estimate of drug-likeness (QED) is 0.183. The smallest absolute Gasteiger partial charge is 0.324 e. The number of methoxy groups -OCH3 is 1. The minimum absolute atomic E-state index is 0.0617. The predicted molar refractivity (Wildman–Crippen MR) is 238 cm³/mol. The van der Waals surface area contributed by atoms with Crippen LogP contribution in [0, 0.1) is 17.3 Å². The molecular formula is C47H60F2N8O5S. The fraction of sp³-hybridized carbons (Fsp3) is 0.596. The fourth-order valence-corrected chi connectivity index (χ4v) is 11.1. The van der Waals surface area contributed by atoms with E-state index >= 15 is 0 Å². The first-order chi connectivity index (χ1) is 30.3. The number of fused-ring (bicyclic) bond motifs is 7. The van der Waals surface area contributed by atoms with Gasteiger partial charge < -0.3 is 24.3 Å². The van der Waals surface area contributed by atoms with Gasteiger partial charge in [0.2, 0.25) is 12.3 Å². The van der Waals surface area contributed by atoms with Gasteiger partial charge in [0.05, 0.1) is 46.7 Å². The summed E-state index contributed by atoms with van der Waals surface area (Å²) in [4.78, 5) is 56.6. The van der Waals surface area contributed by atoms with Gasteiger partial charge >= 0.3 is 5.97 Å². The highest BCUT2D eigenvalue weighted by Crippen LogP contribution is 2.45. The average Bonchev–Trinajstić information content (AvgIpc) is 3.89. The minimum atomic E-state index is -2.60. The summed E-state index contributed by atoms with van der Waals surface area (Å²) in [6.07, 6.45) is 4.58. The molecule has 7 heterocycles. The third-order valence-corrected chi connectivity index (χ3v) is 14.8. The Bertz CT molecular complexity index is 2370. The molecule has 4 aromatic rings. The van der Waals surface area contributed by atoms with Gasteiger partial charge in [0, 0.05) is 97.0 Å². The number of piperidine rings is 1. The molecule has 4 aliphatic heterocycles. The zero-order valence-electron chi connectivity index (χ0n) is 37.0. The van der Waals surface area contributed by atoms with Crippen LogP contribution in [0.5, 0.6) is 0 Å². The SMILES string of the molecule is CCn1c(-c2cc(N3CCN4CCCC[C@@H]4C3)cnc2[C@H](C)OC)c2c3cc(ccc31)-c1csc(n1)C[C@H](NC(=O)[C@H]1C[C@H]1C(F)F)C(=O)N1CCC[C@H](N1)C(=O)OCC(C)(C)C2. The van der Waals surface area contributed by atoms with E-state index in [0.717, 1.165) is 70.0 Å². The Balaban J connectivity index is 1.14. The number of nitrogens with one attached hydrogen (secondary N) is 2. The van der Waals surface area contributed by atoms with Crippen molar-refractivity contribution in [2.75, 3.05) is 51.3 Å². The van der Waals surface area contributed by atoms with Crippen molar-refractivity contribution in [1.82, 2.24) is 35.2 Å². The number of carbonyl (C=O) groups is 3. The second kappa shape index (κ2) is 17.8. The van der Waals surface area contributed by atoms with Crippen molar-refractivity contribution in [3.05, 3.63) is 52.1 Å². The highest BCUT2D eigenvalue weighted by molar-refractivity contribution is 7.10. The fourth-order valence-electron chi connectivity index (χ4n) is 10.2. The molecule has 63 heavy (non-hydrogen) atoms. The summed E-state index contributed by atoms with van der Waals surface area (Å²) in [5.41, 5.74) is 10.4. The zero-order valence-corrected chi connectivity index (χ0v) is 37.8. The number of cyclic esters (lactones) is 1. The van der Waals surface area contributed by atoms with E-state index in [1.807, 2.05) is 18.5 Å². The molecule has 2 amide bonds. The molecule has 0 spiro atoms.